The predicted molar refractivity (Wildman–Crippen MR) is 53.4 cm³/mol. The van der Waals surface area contributed by atoms with Crippen molar-refractivity contribution >= 4 is 26.0 Å². The normalized spacial score (nSPS) is 10.6. The molecule has 0 fully saturated rings. The van der Waals surface area contributed by atoms with Crippen molar-refractivity contribution in [1.82, 2.24) is 0 Å². The Balaban J connectivity index is 2.66. The number of nitrogens with two attached hydrogens (primary N) is 1. The molecule has 11 heavy (non-hydrogen) atoms. The van der Waals surface area contributed by atoms with Gasteiger partial charge in [-0.05, 0) is 24.3 Å². The zero-order valence-electron chi connectivity index (χ0n) is 6.50. The highest BCUT2D eigenvalue weighted by Gasteiger charge is 1.90. The minimum absolute atomic E-state index is 0.815. The van der Waals surface area contributed by atoms with Gasteiger partial charge >= 0.3 is 0 Å². The minimum Gasteiger partial charge on any atom is -0.535 e. The first kappa shape index (κ1) is 8.31. The molecule has 0 amide bonds. The van der Waals surface area contributed by atoms with Crippen molar-refractivity contribution in [2.45, 2.75) is 0 Å². The Morgan fingerprint density at radius 1 is 1.36 bits per heavy atom. The van der Waals surface area contributed by atoms with Crippen LogP contribution in [0.2, 0.25) is 0 Å². The third kappa shape index (κ3) is 2.37. The molecule has 0 bridgehead atoms. The third-order valence-electron chi connectivity index (χ3n) is 1.39. The summed E-state index contributed by atoms with van der Waals surface area (Å²) in [5.41, 5.74) is 1.14. The maximum absolute atomic E-state index is 5.34. The zero-order chi connectivity index (χ0) is 8.10. The average molecular weight is 184 g/mol. The van der Waals surface area contributed by atoms with Crippen LogP contribution < -0.4 is 14.8 Å². The highest BCUT2D eigenvalue weighted by molar-refractivity contribution is 6.23. The van der Waals surface area contributed by atoms with Crippen LogP contribution >= 0.6 is 0 Å². The molecule has 0 heterocycles. The van der Waals surface area contributed by atoms with E-state index >= 15 is 0 Å². The zero-order valence-corrected chi connectivity index (χ0v) is 9.92. The molecule has 0 saturated carbocycles. The van der Waals surface area contributed by atoms with Gasteiger partial charge in [0.25, 0.3) is 9.92 Å². The summed E-state index contributed by atoms with van der Waals surface area (Å²) in [5.74, 6) is 0.875. The topological polar surface area (TPSA) is 47.3 Å². The van der Waals surface area contributed by atoms with Crippen molar-refractivity contribution in [3.8, 4) is 5.75 Å². The first-order valence-corrected chi connectivity index (χ1v) is 5.87. The predicted octanol–water partition coefficient (Wildman–Crippen LogP) is -1.28. The van der Waals surface area contributed by atoms with Crippen LogP contribution in [0.1, 0.15) is 0 Å². The highest BCUT2D eigenvalue weighted by atomic mass is 28.2. The lowest BCUT2D eigenvalue weighted by Crippen LogP contribution is -2.12. The second-order valence-electron chi connectivity index (χ2n) is 2.09. The van der Waals surface area contributed by atoms with E-state index in [0.717, 1.165) is 21.8 Å². The lowest BCUT2D eigenvalue weighted by Gasteiger charge is -2.03. The maximum atomic E-state index is 5.34. The molecule has 1 rings (SSSR count). The van der Waals surface area contributed by atoms with Gasteiger partial charge in [-0.25, -0.2) is 0 Å². The first-order chi connectivity index (χ1) is 5.36. The molecule has 0 saturated heterocycles. The molecule has 0 atom stereocenters. The summed E-state index contributed by atoms with van der Waals surface area (Å²) in [6.07, 6.45) is 0. The largest absolute Gasteiger partial charge is 0.535 e. The number of hydrogen-bond acceptors (Lipinski definition) is 3. The lowest BCUT2D eigenvalue weighted by molar-refractivity contribution is 0.595. The summed E-state index contributed by atoms with van der Waals surface area (Å²) >= 11 is 0. The van der Waals surface area contributed by atoms with Crippen molar-refractivity contribution in [3.05, 3.63) is 24.3 Å². The van der Waals surface area contributed by atoms with Crippen LogP contribution in [0.3, 0.4) is 0 Å². The van der Waals surface area contributed by atoms with Crippen molar-refractivity contribution in [1.29, 1.82) is 0 Å². The Kier molecular flexibility index (Phi) is 3.15. The Labute approximate surface area is 71.5 Å². The molecule has 0 unspecified atom stereocenters. The first-order valence-electron chi connectivity index (χ1n) is 3.47. The molecule has 0 aliphatic rings. The van der Waals surface area contributed by atoms with Crippen LogP contribution in [-0.4, -0.2) is 20.3 Å². The molecule has 3 nitrogen and oxygen atoms in total. The monoisotopic (exact) mass is 184 g/mol. The lowest BCUT2D eigenvalue weighted by atomic mass is 10.3. The van der Waals surface area contributed by atoms with Crippen LogP contribution in [0, 0.1) is 0 Å². The Hall–Kier alpha value is -0.786. The second kappa shape index (κ2) is 4.17. The molecule has 0 spiro atoms. The van der Waals surface area contributed by atoms with Gasteiger partial charge in [-0.2, -0.15) is 0 Å². The fraction of sp³-hybridized carbons (Fsp3) is 0. The number of hydrogen-bond donors (Lipinski definition) is 2. The van der Waals surface area contributed by atoms with Crippen molar-refractivity contribution in [2.24, 2.45) is 5.40 Å². The van der Waals surface area contributed by atoms with Crippen LogP contribution in [-0.2, 0) is 0 Å². The summed E-state index contributed by atoms with van der Waals surface area (Å²) in [6.45, 7) is 0. The summed E-state index contributed by atoms with van der Waals surface area (Å²) in [4.78, 5) is 3.16. The number of nitrogens with one attached hydrogen (secondary N) is 1. The van der Waals surface area contributed by atoms with Gasteiger partial charge < -0.3 is 14.8 Å². The highest BCUT2D eigenvalue weighted by Crippen LogP contribution is 2.13. The molecule has 1 aromatic carbocycles. The van der Waals surface area contributed by atoms with Crippen molar-refractivity contribution < 1.29 is 4.43 Å². The molecule has 0 radical (unpaired) electrons. The Morgan fingerprint density at radius 3 is 2.45 bits per heavy atom. The van der Waals surface area contributed by atoms with Gasteiger partial charge in [-0.1, -0.05) is 0 Å². The molecule has 1 aromatic rings. The molecule has 0 aliphatic carbocycles. The van der Waals surface area contributed by atoms with E-state index in [9.17, 15) is 0 Å². The molecule has 3 N–H and O–H groups in total. The average Bonchev–Trinajstić information content (AvgIpc) is 2.07. The van der Waals surface area contributed by atoms with Crippen LogP contribution in [0.25, 0.3) is 0 Å². The van der Waals surface area contributed by atoms with E-state index in [-0.39, 0.29) is 0 Å². The van der Waals surface area contributed by atoms with Crippen molar-refractivity contribution in [3.63, 3.8) is 0 Å². The maximum Gasteiger partial charge on any atom is 0.294 e. The van der Waals surface area contributed by atoms with Crippen LogP contribution in [0.5, 0.6) is 5.75 Å². The fourth-order valence-corrected chi connectivity index (χ4v) is 1.53. The van der Waals surface area contributed by atoms with E-state index < -0.39 is 9.92 Å². The van der Waals surface area contributed by atoms with Gasteiger partial charge in [0.2, 0.25) is 0 Å². The van der Waals surface area contributed by atoms with Crippen LogP contribution in [0.15, 0.2) is 24.3 Å². The third-order valence-corrected chi connectivity index (χ3v) is 2.47. The van der Waals surface area contributed by atoms with Gasteiger partial charge in [0, 0.05) is 5.69 Å². The number of benzene rings is 1. The van der Waals surface area contributed by atoms with Gasteiger partial charge in [0.05, 0.1) is 0 Å². The summed E-state index contributed by atoms with van der Waals surface area (Å²) < 4.78 is 5.21. The van der Waals surface area contributed by atoms with E-state index in [1.807, 2.05) is 24.3 Å². The quantitative estimate of drug-likeness (QED) is 0.575. The molecular weight excluding hydrogens is 172 g/mol. The minimum atomic E-state index is -0.815. The Bertz CT molecular complexity index is 214. The van der Waals surface area contributed by atoms with E-state index in [0.29, 0.717) is 0 Å². The van der Waals surface area contributed by atoms with Crippen LogP contribution in [0.4, 0.5) is 5.69 Å². The van der Waals surface area contributed by atoms with Gasteiger partial charge in [0.1, 0.15) is 16.2 Å². The van der Waals surface area contributed by atoms with E-state index in [1.54, 1.807) is 0 Å². The molecule has 5 heteroatoms. The standard InChI is InChI=1S/C6H12N2OSi2/c7-11-9-6-3-1-5(8-10)2-4-6/h1-4,8H,7,11H2,10H3. The van der Waals surface area contributed by atoms with Gasteiger partial charge in [-0.3, -0.25) is 0 Å². The molecular formula is C6H12N2OSi2. The van der Waals surface area contributed by atoms with Gasteiger partial charge in [0.15, 0.2) is 0 Å². The SMILES string of the molecule is N[SiH2]Oc1ccc(N[SiH3])cc1. The molecule has 0 aliphatic heterocycles. The molecule has 0 aromatic heterocycles. The fourth-order valence-electron chi connectivity index (χ4n) is 0.814. The smallest absolute Gasteiger partial charge is 0.294 e. The van der Waals surface area contributed by atoms with E-state index in [1.165, 1.54) is 0 Å². The van der Waals surface area contributed by atoms with E-state index in [2.05, 4.69) is 4.98 Å². The number of anilines is 1. The van der Waals surface area contributed by atoms with Crippen molar-refractivity contribution in [2.75, 3.05) is 4.98 Å². The van der Waals surface area contributed by atoms with Gasteiger partial charge in [-0.15, -0.1) is 0 Å². The number of rotatable bonds is 3. The Morgan fingerprint density at radius 2 is 2.00 bits per heavy atom. The summed E-state index contributed by atoms with van der Waals surface area (Å²) in [5, 5.41) is 5.34. The molecule has 60 valence electrons. The van der Waals surface area contributed by atoms with E-state index in [4.69, 9.17) is 9.83 Å². The summed E-state index contributed by atoms with van der Waals surface area (Å²) in [7, 11) is 0.156. The second-order valence-corrected chi connectivity index (χ2v) is 3.21. The summed E-state index contributed by atoms with van der Waals surface area (Å²) in [6, 6.07) is 7.85.